The maximum atomic E-state index is 12.9. The van der Waals surface area contributed by atoms with Crippen LogP contribution in [0.4, 0.5) is 0 Å². The molecule has 0 aliphatic heterocycles. The Morgan fingerprint density at radius 1 is 0.304 bits per heavy atom. The standard InChI is InChI=1S/C63H108O6/c1-4-7-10-13-16-19-22-25-28-30-31-33-35-38-41-44-47-50-53-56-62(65)68-59-60(58-67-61(64)55-52-49-46-43-40-37-34-27-24-21-18-15-12-9-6-3)69-63(66)57-54-51-48-45-42-39-36-32-29-26-23-20-17-14-11-8-5-2/h7,10,16-17,19-21,24-26,28-29,31,33,60H,4-6,8-9,11-15,18,22-23,27,30,32,34-59H2,1-3H3/b10-7-,19-16-,20-17-,24-21-,28-25-,29-26-,33-31-. The fourth-order valence-electron chi connectivity index (χ4n) is 7.99. The number of carbonyl (C=O) groups excluding carboxylic acids is 3. The quantitative estimate of drug-likeness (QED) is 0.0262. The Balaban J connectivity index is 4.42. The fraction of sp³-hybridized carbons (Fsp3) is 0.730. The van der Waals surface area contributed by atoms with E-state index in [2.05, 4.69) is 106 Å². The first-order chi connectivity index (χ1) is 34.0. The summed E-state index contributed by atoms with van der Waals surface area (Å²) in [5, 5.41) is 0. The summed E-state index contributed by atoms with van der Waals surface area (Å²) in [4.78, 5) is 38.2. The molecule has 396 valence electrons. The van der Waals surface area contributed by atoms with Gasteiger partial charge in [-0.05, 0) is 116 Å². The van der Waals surface area contributed by atoms with Crippen LogP contribution >= 0.6 is 0 Å². The third kappa shape index (κ3) is 55.4. The summed E-state index contributed by atoms with van der Waals surface area (Å²) in [6, 6.07) is 0. The van der Waals surface area contributed by atoms with Gasteiger partial charge in [0.1, 0.15) is 13.2 Å². The van der Waals surface area contributed by atoms with E-state index in [4.69, 9.17) is 14.2 Å². The first-order valence-electron chi connectivity index (χ1n) is 29.1. The lowest BCUT2D eigenvalue weighted by Gasteiger charge is -2.18. The number of unbranched alkanes of at least 4 members (excludes halogenated alkanes) is 27. The predicted octanol–water partition coefficient (Wildman–Crippen LogP) is 19.5. The minimum atomic E-state index is -0.789. The molecule has 0 N–H and O–H groups in total. The van der Waals surface area contributed by atoms with Crippen LogP contribution in [0, 0.1) is 0 Å². The van der Waals surface area contributed by atoms with E-state index in [0.717, 1.165) is 103 Å². The van der Waals surface area contributed by atoms with Gasteiger partial charge in [-0.25, -0.2) is 0 Å². The number of hydrogen-bond donors (Lipinski definition) is 0. The van der Waals surface area contributed by atoms with E-state index >= 15 is 0 Å². The second kappa shape index (κ2) is 57.2. The first kappa shape index (κ1) is 65.6. The Labute approximate surface area is 426 Å². The van der Waals surface area contributed by atoms with Crippen LogP contribution in [0.3, 0.4) is 0 Å². The lowest BCUT2D eigenvalue weighted by atomic mass is 10.1. The maximum Gasteiger partial charge on any atom is 0.306 e. The molecule has 0 bridgehead atoms. The summed E-state index contributed by atoms with van der Waals surface area (Å²) in [5.41, 5.74) is 0. The van der Waals surface area contributed by atoms with Crippen molar-refractivity contribution in [3.63, 3.8) is 0 Å². The minimum Gasteiger partial charge on any atom is -0.462 e. The van der Waals surface area contributed by atoms with E-state index in [1.165, 1.54) is 135 Å². The molecule has 0 radical (unpaired) electrons. The van der Waals surface area contributed by atoms with Crippen LogP contribution in [0.15, 0.2) is 85.1 Å². The first-order valence-corrected chi connectivity index (χ1v) is 29.1. The van der Waals surface area contributed by atoms with E-state index in [-0.39, 0.29) is 31.1 Å². The van der Waals surface area contributed by atoms with E-state index in [1.807, 2.05) is 0 Å². The molecule has 69 heavy (non-hydrogen) atoms. The normalized spacial score (nSPS) is 12.7. The van der Waals surface area contributed by atoms with Gasteiger partial charge in [0, 0.05) is 19.3 Å². The Morgan fingerprint density at radius 2 is 0.565 bits per heavy atom. The van der Waals surface area contributed by atoms with Crippen molar-refractivity contribution in [3.8, 4) is 0 Å². The summed E-state index contributed by atoms with van der Waals surface area (Å²) in [6.07, 6.45) is 74.2. The second-order valence-corrected chi connectivity index (χ2v) is 19.2. The molecule has 0 amide bonds. The summed E-state index contributed by atoms with van der Waals surface area (Å²) >= 11 is 0. The van der Waals surface area contributed by atoms with Crippen molar-refractivity contribution in [2.75, 3.05) is 13.2 Å². The highest BCUT2D eigenvalue weighted by molar-refractivity contribution is 5.71. The second-order valence-electron chi connectivity index (χ2n) is 19.2. The molecule has 0 rings (SSSR count). The highest BCUT2D eigenvalue weighted by Gasteiger charge is 2.19. The SMILES string of the molecule is CC/C=C\C/C=C\C/C=C\C/C=C\CCCCCCCCC(=O)OCC(COC(=O)CCCCCCCCC/C=C\CCCCCC)OC(=O)CCCCCCCCC/C=C\C/C=C\CCCCC. The average Bonchev–Trinajstić information content (AvgIpc) is 3.35. The van der Waals surface area contributed by atoms with E-state index in [1.54, 1.807) is 0 Å². The molecule has 0 aromatic rings. The van der Waals surface area contributed by atoms with Gasteiger partial charge in [0.15, 0.2) is 6.10 Å². The molecule has 1 atom stereocenters. The van der Waals surface area contributed by atoms with Crippen LogP contribution in [0.1, 0.15) is 278 Å². The topological polar surface area (TPSA) is 78.9 Å². The molecular weight excluding hydrogens is 853 g/mol. The third-order valence-corrected chi connectivity index (χ3v) is 12.4. The summed E-state index contributed by atoms with van der Waals surface area (Å²) in [5.74, 6) is -0.906. The Morgan fingerprint density at radius 3 is 0.928 bits per heavy atom. The Kier molecular flexibility index (Phi) is 54.3. The van der Waals surface area contributed by atoms with Gasteiger partial charge in [-0.3, -0.25) is 14.4 Å². The zero-order chi connectivity index (χ0) is 50.0. The lowest BCUT2D eigenvalue weighted by Crippen LogP contribution is -2.30. The van der Waals surface area contributed by atoms with Crippen molar-refractivity contribution in [2.24, 2.45) is 0 Å². The molecule has 1 unspecified atom stereocenters. The van der Waals surface area contributed by atoms with Gasteiger partial charge in [-0.15, -0.1) is 0 Å². The minimum absolute atomic E-state index is 0.0864. The number of ether oxygens (including phenoxy) is 3. The Hall–Kier alpha value is -3.41. The number of rotatable bonds is 52. The molecule has 0 aliphatic rings. The van der Waals surface area contributed by atoms with Crippen LogP contribution in [-0.4, -0.2) is 37.2 Å². The average molecular weight is 962 g/mol. The monoisotopic (exact) mass is 961 g/mol. The summed E-state index contributed by atoms with van der Waals surface area (Å²) in [7, 11) is 0. The van der Waals surface area contributed by atoms with Gasteiger partial charge < -0.3 is 14.2 Å². The number of esters is 3. The van der Waals surface area contributed by atoms with Crippen molar-refractivity contribution >= 4 is 17.9 Å². The van der Waals surface area contributed by atoms with Gasteiger partial charge in [-0.1, -0.05) is 228 Å². The van der Waals surface area contributed by atoms with E-state index in [9.17, 15) is 14.4 Å². The lowest BCUT2D eigenvalue weighted by molar-refractivity contribution is -0.167. The van der Waals surface area contributed by atoms with Crippen LogP contribution in [-0.2, 0) is 28.6 Å². The zero-order valence-electron chi connectivity index (χ0n) is 45.3. The highest BCUT2D eigenvalue weighted by Crippen LogP contribution is 2.15. The molecule has 0 aromatic heterocycles. The van der Waals surface area contributed by atoms with Gasteiger partial charge in [0.2, 0.25) is 0 Å². The number of hydrogen-bond acceptors (Lipinski definition) is 6. The highest BCUT2D eigenvalue weighted by atomic mass is 16.6. The molecule has 0 fully saturated rings. The van der Waals surface area contributed by atoms with Gasteiger partial charge >= 0.3 is 17.9 Å². The van der Waals surface area contributed by atoms with Crippen molar-refractivity contribution in [1.29, 1.82) is 0 Å². The van der Waals surface area contributed by atoms with Gasteiger partial charge in [-0.2, -0.15) is 0 Å². The van der Waals surface area contributed by atoms with Crippen LogP contribution < -0.4 is 0 Å². The molecule has 0 saturated carbocycles. The molecule has 0 aliphatic carbocycles. The molecule has 0 spiro atoms. The number of allylic oxidation sites excluding steroid dienone is 14. The zero-order valence-corrected chi connectivity index (χ0v) is 45.3. The number of carbonyl (C=O) groups is 3. The van der Waals surface area contributed by atoms with Crippen molar-refractivity contribution in [3.05, 3.63) is 85.1 Å². The molecule has 0 aromatic carbocycles. The molecule has 6 heteroatoms. The smallest absolute Gasteiger partial charge is 0.306 e. The largest absolute Gasteiger partial charge is 0.462 e. The summed E-state index contributed by atoms with van der Waals surface area (Å²) in [6.45, 7) is 6.48. The van der Waals surface area contributed by atoms with Crippen molar-refractivity contribution in [2.45, 2.75) is 284 Å². The maximum absolute atomic E-state index is 12.9. The molecule has 0 heterocycles. The molecule has 6 nitrogen and oxygen atoms in total. The van der Waals surface area contributed by atoms with Crippen LogP contribution in [0.2, 0.25) is 0 Å². The van der Waals surface area contributed by atoms with E-state index in [0.29, 0.717) is 19.3 Å². The van der Waals surface area contributed by atoms with Crippen molar-refractivity contribution in [1.82, 2.24) is 0 Å². The fourth-order valence-corrected chi connectivity index (χ4v) is 7.99. The van der Waals surface area contributed by atoms with Gasteiger partial charge in [0.05, 0.1) is 0 Å². The predicted molar refractivity (Wildman–Crippen MR) is 297 cm³/mol. The van der Waals surface area contributed by atoms with Crippen LogP contribution in [0.5, 0.6) is 0 Å². The molecular formula is C63H108O6. The summed E-state index contributed by atoms with van der Waals surface area (Å²) < 4.78 is 16.9. The van der Waals surface area contributed by atoms with Crippen molar-refractivity contribution < 1.29 is 28.6 Å². The Bertz CT molecular complexity index is 1330. The van der Waals surface area contributed by atoms with Crippen LogP contribution in [0.25, 0.3) is 0 Å². The van der Waals surface area contributed by atoms with E-state index < -0.39 is 6.10 Å². The third-order valence-electron chi connectivity index (χ3n) is 12.4. The molecule has 0 saturated heterocycles. The van der Waals surface area contributed by atoms with Gasteiger partial charge in [0.25, 0.3) is 0 Å².